The van der Waals surface area contributed by atoms with E-state index in [1.165, 1.54) is 31.4 Å². The molecule has 1 aromatic heterocycles. The van der Waals surface area contributed by atoms with Crippen LogP contribution in [0.2, 0.25) is 0 Å². The van der Waals surface area contributed by atoms with Crippen LogP contribution in [-0.2, 0) is 11.2 Å². The lowest BCUT2D eigenvalue weighted by atomic mass is 10.2. The van der Waals surface area contributed by atoms with E-state index < -0.39 is 0 Å². The van der Waals surface area contributed by atoms with Crippen LogP contribution < -0.4 is 5.32 Å². The molecule has 1 fully saturated rings. The summed E-state index contributed by atoms with van der Waals surface area (Å²) in [5, 5.41) is 8.05. The summed E-state index contributed by atoms with van der Waals surface area (Å²) in [7, 11) is 1.73. The Morgan fingerprint density at radius 1 is 1.39 bits per heavy atom. The Kier molecular flexibility index (Phi) is 5.68. The lowest BCUT2D eigenvalue weighted by Gasteiger charge is -2.08. The fourth-order valence-corrected chi connectivity index (χ4v) is 2.58. The van der Waals surface area contributed by atoms with Gasteiger partial charge < -0.3 is 10.1 Å². The molecule has 4 nitrogen and oxygen atoms in total. The molecule has 1 N–H and O–H groups in total. The Balaban J connectivity index is 1.64. The molecule has 4 heteroatoms. The zero-order valence-electron chi connectivity index (χ0n) is 11.4. The van der Waals surface area contributed by atoms with Crippen molar-refractivity contribution in [3.8, 4) is 0 Å². The van der Waals surface area contributed by atoms with Crippen molar-refractivity contribution >= 4 is 0 Å². The molecule has 2 rings (SSSR count). The normalized spacial score (nSPS) is 16.5. The quantitative estimate of drug-likeness (QED) is 0.720. The minimum atomic E-state index is 0.665. The summed E-state index contributed by atoms with van der Waals surface area (Å²) >= 11 is 0. The summed E-state index contributed by atoms with van der Waals surface area (Å²) in [6.45, 7) is 2.77. The van der Waals surface area contributed by atoms with Crippen molar-refractivity contribution in [1.29, 1.82) is 0 Å². The monoisotopic (exact) mass is 251 g/mol. The zero-order valence-corrected chi connectivity index (χ0v) is 11.4. The van der Waals surface area contributed by atoms with Crippen LogP contribution in [0.1, 0.15) is 43.8 Å². The van der Waals surface area contributed by atoms with Crippen molar-refractivity contribution in [2.45, 2.75) is 44.6 Å². The van der Waals surface area contributed by atoms with Crippen LogP contribution in [-0.4, -0.2) is 36.6 Å². The van der Waals surface area contributed by atoms with E-state index in [9.17, 15) is 0 Å². The van der Waals surface area contributed by atoms with Crippen molar-refractivity contribution in [1.82, 2.24) is 15.1 Å². The summed E-state index contributed by atoms with van der Waals surface area (Å²) in [5.74, 6) is 0. The van der Waals surface area contributed by atoms with E-state index >= 15 is 0 Å². The number of methoxy groups -OCH3 is 1. The molecule has 1 aliphatic rings. The molecule has 1 heterocycles. The molecule has 0 bridgehead atoms. The molecule has 0 aliphatic heterocycles. The molecule has 0 saturated heterocycles. The number of aromatic nitrogens is 2. The summed E-state index contributed by atoms with van der Waals surface area (Å²) in [6, 6.07) is 2.84. The van der Waals surface area contributed by atoms with Gasteiger partial charge in [0, 0.05) is 19.9 Å². The number of hydrogen-bond donors (Lipinski definition) is 1. The molecule has 0 spiro atoms. The van der Waals surface area contributed by atoms with Gasteiger partial charge in [-0.05, 0) is 38.3 Å². The van der Waals surface area contributed by atoms with Crippen LogP contribution >= 0.6 is 0 Å². The Bertz CT molecular complexity index is 332. The molecule has 18 heavy (non-hydrogen) atoms. The number of nitrogens with zero attached hydrogens (tertiary/aromatic N) is 2. The Hall–Kier alpha value is -0.870. The molecule has 1 aliphatic carbocycles. The second-order valence-corrected chi connectivity index (χ2v) is 5.07. The highest BCUT2D eigenvalue weighted by Gasteiger charge is 2.17. The minimum absolute atomic E-state index is 0.665. The van der Waals surface area contributed by atoms with E-state index in [-0.39, 0.29) is 0 Å². The smallest absolute Gasteiger partial charge is 0.0625 e. The first kappa shape index (κ1) is 13.6. The summed E-state index contributed by atoms with van der Waals surface area (Å²) in [6.07, 6.45) is 9.71. The topological polar surface area (TPSA) is 39.1 Å². The first-order valence-electron chi connectivity index (χ1n) is 7.14. The average molecular weight is 251 g/mol. The fourth-order valence-electron chi connectivity index (χ4n) is 2.58. The molecule has 1 aromatic rings. The maximum atomic E-state index is 4.99. The van der Waals surface area contributed by atoms with Crippen molar-refractivity contribution < 1.29 is 4.74 Å². The highest BCUT2D eigenvalue weighted by Crippen LogP contribution is 2.28. The van der Waals surface area contributed by atoms with Crippen LogP contribution in [0.4, 0.5) is 0 Å². The van der Waals surface area contributed by atoms with Gasteiger partial charge >= 0.3 is 0 Å². The molecule has 0 aromatic carbocycles. The highest BCUT2D eigenvalue weighted by molar-refractivity contribution is 5.00. The highest BCUT2D eigenvalue weighted by atomic mass is 16.5. The van der Waals surface area contributed by atoms with Crippen molar-refractivity contribution in [3.05, 3.63) is 18.0 Å². The maximum absolute atomic E-state index is 4.99. The van der Waals surface area contributed by atoms with Gasteiger partial charge in [-0.3, -0.25) is 4.68 Å². The van der Waals surface area contributed by atoms with Crippen LogP contribution in [0, 0.1) is 0 Å². The van der Waals surface area contributed by atoms with Gasteiger partial charge in [0.2, 0.25) is 0 Å². The molecular formula is C14H25N3O. The Morgan fingerprint density at radius 2 is 2.22 bits per heavy atom. The predicted octanol–water partition coefficient (Wildman–Crippen LogP) is 2.17. The number of ether oxygens (including phenoxy) is 1. The second-order valence-electron chi connectivity index (χ2n) is 5.07. The minimum Gasteiger partial charge on any atom is -0.383 e. The van der Waals surface area contributed by atoms with Gasteiger partial charge in [0.15, 0.2) is 0 Å². The number of rotatable bonds is 8. The van der Waals surface area contributed by atoms with Gasteiger partial charge in [0.1, 0.15) is 0 Å². The van der Waals surface area contributed by atoms with E-state index in [4.69, 9.17) is 9.84 Å². The van der Waals surface area contributed by atoms with E-state index in [1.54, 1.807) is 7.11 Å². The third kappa shape index (κ3) is 4.10. The largest absolute Gasteiger partial charge is 0.383 e. The molecule has 0 atom stereocenters. The predicted molar refractivity (Wildman–Crippen MR) is 72.8 cm³/mol. The van der Waals surface area contributed by atoms with Gasteiger partial charge in [0.25, 0.3) is 0 Å². The summed E-state index contributed by atoms with van der Waals surface area (Å²) in [5.41, 5.74) is 1.23. The van der Waals surface area contributed by atoms with Gasteiger partial charge in [0.05, 0.1) is 18.3 Å². The molecule has 0 radical (unpaired) electrons. The van der Waals surface area contributed by atoms with Crippen molar-refractivity contribution in [2.75, 3.05) is 26.8 Å². The molecule has 1 saturated carbocycles. The number of aryl methyl sites for hydroxylation is 1. The van der Waals surface area contributed by atoms with Gasteiger partial charge in [-0.2, -0.15) is 5.10 Å². The summed E-state index contributed by atoms with van der Waals surface area (Å²) < 4.78 is 7.17. The zero-order chi connectivity index (χ0) is 12.6. The first-order chi connectivity index (χ1) is 8.90. The van der Waals surface area contributed by atoms with Gasteiger partial charge in [-0.15, -0.1) is 0 Å². The molecule has 0 amide bonds. The van der Waals surface area contributed by atoms with E-state index in [0.717, 1.165) is 32.5 Å². The lowest BCUT2D eigenvalue weighted by molar-refractivity contribution is 0.199. The number of nitrogens with one attached hydrogen (secondary N) is 1. The van der Waals surface area contributed by atoms with Crippen molar-refractivity contribution in [3.63, 3.8) is 0 Å². The van der Waals surface area contributed by atoms with Crippen LogP contribution in [0.25, 0.3) is 0 Å². The van der Waals surface area contributed by atoms with E-state index in [2.05, 4.69) is 22.3 Å². The lowest BCUT2D eigenvalue weighted by Crippen LogP contribution is -2.20. The molecule has 102 valence electrons. The van der Waals surface area contributed by atoms with Gasteiger partial charge in [-0.25, -0.2) is 0 Å². The summed E-state index contributed by atoms with van der Waals surface area (Å²) in [4.78, 5) is 0. The average Bonchev–Trinajstić information content (AvgIpc) is 3.03. The SMILES string of the molecule is COCCNCCCc1ccn(C2CCCC2)n1. The Morgan fingerprint density at radius 3 is 3.00 bits per heavy atom. The third-order valence-corrected chi connectivity index (χ3v) is 3.63. The Labute approximate surface area is 110 Å². The maximum Gasteiger partial charge on any atom is 0.0625 e. The third-order valence-electron chi connectivity index (χ3n) is 3.63. The standard InChI is InChI=1S/C14H25N3O/c1-18-12-10-15-9-4-5-13-8-11-17(16-13)14-6-2-3-7-14/h8,11,14-15H,2-7,9-10,12H2,1H3. The van der Waals surface area contributed by atoms with Crippen LogP contribution in [0.15, 0.2) is 12.3 Å². The van der Waals surface area contributed by atoms with Crippen LogP contribution in [0.5, 0.6) is 0 Å². The van der Waals surface area contributed by atoms with Gasteiger partial charge in [-0.1, -0.05) is 12.8 Å². The fraction of sp³-hybridized carbons (Fsp3) is 0.786. The van der Waals surface area contributed by atoms with Crippen LogP contribution in [0.3, 0.4) is 0 Å². The first-order valence-corrected chi connectivity index (χ1v) is 7.14. The molecule has 0 unspecified atom stereocenters. The second kappa shape index (κ2) is 7.54. The van der Waals surface area contributed by atoms with Crippen molar-refractivity contribution in [2.24, 2.45) is 0 Å². The number of hydrogen-bond acceptors (Lipinski definition) is 3. The van der Waals surface area contributed by atoms with E-state index in [1.807, 2.05) is 0 Å². The molecular weight excluding hydrogens is 226 g/mol. The van der Waals surface area contributed by atoms with E-state index in [0.29, 0.717) is 6.04 Å².